The number of alkyl halides is 2. The number of rotatable bonds is 2. The molecule has 8 heteroatoms. The lowest BCUT2D eigenvalue weighted by Crippen LogP contribution is -2.55. The molecule has 1 saturated heterocycles. The molecule has 1 atom stereocenters. The van der Waals surface area contributed by atoms with Crippen molar-refractivity contribution in [3.63, 3.8) is 0 Å². The van der Waals surface area contributed by atoms with E-state index in [0.717, 1.165) is 0 Å². The van der Waals surface area contributed by atoms with Crippen LogP contribution in [0.3, 0.4) is 0 Å². The smallest absolute Gasteiger partial charge is 0.407 e. The minimum atomic E-state index is -3.27. The summed E-state index contributed by atoms with van der Waals surface area (Å²) in [5, 5.41) is 17.3. The van der Waals surface area contributed by atoms with Gasteiger partial charge in [-0.3, -0.25) is 0 Å². The first-order chi connectivity index (χ1) is 9.42. The summed E-state index contributed by atoms with van der Waals surface area (Å²) in [6, 6.07) is 4.55. The second-order valence-electron chi connectivity index (χ2n) is 4.35. The summed E-state index contributed by atoms with van der Waals surface area (Å²) in [6.07, 6.45) is -1.70. The standard InChI is InChI=1S/C12H11F2N3O3/c13-12(14)7-17(11(18)19)4-3-10(12)20-9-2-1-8(5-15)16-6-9/h1-2,6,10H,3-4,7H2,(H,18,19)/t10-/m0/s1. The van der Waals surface area contributed by atoms with E-state index in [1.165, 1.54) is 18.3 Å². The maximum Gasteiger partial charge on any atom is 0.407 e. The normalized spacial score (nSPS) is 21.1. The zero-order valence-electron chi connectivity index (χ0n) is 10.3. The van der Waals surface area contributed by atoms with Gasteiger partial charge in [0, 0.05) is 13.0 Å². The van der Waals surface area contributed by atoms with E-state index in [0.29, 0.717) is 4.90 Å². The number of likely N-dealkylation sites (tertiary alicyclic amines) is 1. The van der Waals surface area contributed by atoms with Crippen LogP contribution in [-0.4, -0.2) is 46.2 Å². The van der Waals surface area contributed by atoms with Gasteiger partial charge in [0.2, 0.25) is 0 Å². The lowest BCUT2D eigenvalue weighted by Gasteiger charge is -2.36. The summed E-state index contributed by atoms with van der Waals surface area (Å²) < 4.78 is 32.8. The monoisotopic (exact) mass is 283 g/mol. The summed E-state index contributed by atoms with van der Waals surface area (Å²) >= 11 is 0. The van der Waals surface area contributed by atoms with Crippen LogP contribution in [0.1, 0.15) is 12.1 Å². The van der Waals surface area contributed by atoms with Gasteiger partial charge in [-0.15, -0.1) is 0 Å². The molecule has 2 heterocycles. The van der Waals surface area contributed by atoms with Crippen LogP contribution in [0.5, 0.6) is 5.75 Å². The molecular formula is C12H11F2N3O3. The molecule has 20 heavy (non-hydrogen) atoms. The number of carbonyl (C=O) groups is 1. The van der Waals surface area contributed by atoms with Crippen LogP contribution in [0.4, 0.5) is 13.6 Å². The van der Waals surface area contributed by atoms with Crippen LogP contribution < -0.4 is 4.74 Å². The van der Waals surface area contributed by atoms with E-state index >= 15 is 0 Å². The summed E-state index contributed by atoms with van der Waals surface area (Å²) in [6.45, 7) is -0.907. The van der Waals surface area contributed by atoms with Crippen molar-refractivity contribution >= 4 is 6.09 Å². The van der Waals surface area contributed by atoms with Crippen LogP contribution in [0, 0.1) is 11.3 Å². The van der Waals surface area contributed by atoms with E-state index in [-0.39, 0.29) is 24.4 Å². The zero-order chi connectivity index (χ0) is 14.8. The Hall–Kier alpha value is -2.43. The highest BCUT2D eigenvalue weighted by Gasteiger charge is 2.47. The Bertz CT molecular complexity index is 542. The number of halogens is 2. The lowest BCUT2D eigenvalue weighted by molar-refractivity contribution is -0.133. The average molecular weight is 283 g/mol. The third kappa shape index (κ3) is 2.93. The van der Waals surface area contributed by atoms with E-state index in [9.17, 15) is 13.6 Å². The molecule has 1 aromatic heterocycles. The van der Waals surface area contributed by atoms with Gasteiger partial charge in [0.15, 0.2) is 6.10 Å². The Morgan fingerprint density at radius 2 is 2.35 bits per heavy atom. The van der Waals surface area contributed by atoms with E-state index in [1.807, 2.05) is 0 Å². The van der Waals surface area contributed by atoms with Gasteiger partial charge in [-0.2, -0.15) is 5.26 Å². The van der Waals surface area contributed by atoms with Gasteiger partial charge in [0.1, 0.15) is 17.5 Å². The maximum absolute atomic E-state index is 13.8. The Morgan fingerprint density at radius 1 is 1.60 bits per heavy atom. The average Bonchev–Trinajstić information content (AvgIpc) is 2.41. The molecule has 1 N–H and O–H groups in total. The molecule has 2 rings (SSSR count). The topological polar surface area (TPSA) is 86.5 Å². The quantitative estimate of drug-likeness (QED) is 0.893. The van der Waals surface area contributed by atoms with Gasteiger partial charge in [0.05, 0.1) is 12.7 Å². The number of nitrogens with zero attached hydrogens (tertiary/aromatic N) is 3. The van der Waals surface area contributed by atoms with Crippen molar-refractivity contribution < 1.29 is 23.4 Å². The fourth-order valence-electron chi connectivity index (χ4n) is 1.91. The fraction of sp³-hybridized carbons (Fsp3) is 0.417. The molecule has 1 aromatic rings. The molecular weight excluding hydrogens is 272 g/mol. The molecule has 6 nitrogen and oxygen atoms in total. The lowest BCUT2D eigenvalue weighted by atomic mass is 10.0. The molecule has 0 unspecified atom stereocenters. The van der Waals surface area contributed by atoms with Gasteiger partial charge >= 0.3 is 12.0 Å². The second kappa shape index (κ2) is 5.28. The second-order valence-corrected chi connectivity index (χ2v) is 4.35. The van der Waals surface area contributed by atoms with Gasteiger partial charge in [-0.1, -0.05) is 0 Å². The molecule has 1 fully saturated rings. The van der Waals surface area contributed by atoms with E-state index in [1.54, 1.807) is 6.07 Å². The summed E-state index contributed by atoms with van der Waals surface area (Å²) in [5.41, 5.74) is 0.157. The van der Waals surface area contributed by atoms with Crippen molar-refractivity contribution in [3.8, 4) is 11.8 Å². The summed E-state index contributed by atoms with van der Waals surface area (Å²) in [4.78, 5) is 15.1. The number of hydrogen-bond acceptors (Lipinski definition) is 4. The number of ether oxygens (including phenoxy) is 1. The SMILES string of the molecule is N#Cc1ccc(O[C@H]2CCN(C(=O)O)CC2(F)F)cn1. The predicted octanol–water partition coefficient (Wildman–Crippen LogP) is 1.72. The first-order valence-electron chi connectivity index (χ1n) is 5.81. The number of carboxylic acid groups (broad SMARTS) is 1. The van der Waals surface area contributed by atoms with Crippen molar-refractivity contribution in [1.29, 1.82) is 5.26 Å². The van der Waals surface area contributed by atoms with Crippen molar-refractivity contribution in [1.82, 2.24) is 9.88 Å². The molecule has 1 aliphatic rings. The molecule has 0 radical (unpaired) electrons. The molecule has 0 aliphatic carbocycles. The minimum absolute atomic E-state index is 0.0146. The van der Waals surface area contributed by atoms with E-state index in [4.69, 9.17) is 15.1 Å². The van der Waals surface area contributed by atoms with Crippen LogP contribution in [-0.2, 0) is 0 Å². The number of pyridine rings is 1. The first kappa shape index (κ1) is 14.0. The summed E-state index contributed by atoms with van der Waals surface area (Å²) in [7, 11) is 0. The highest BCUT2D eigenvalue weighted by Crippen LogP contribution is 2.30. The van der Waals surface area contributed by atoms with Crippen molar-refractivity contribution in [2.75, 3.05) is 13.1 Å². The Labute approximate surface area is 113 Å². The molecule has 0 aromatic carbocycles. The van der Waals surface area contributed by atoms with Crippen LogP contribution in [0.2, 0.25) is 0 Å². The van der Waals surface area contributed by atoms with Gasteiger partial charge in [-0.05, 0) is 12.1 Å². The van der Waals surface area contributed by atoms with Gasteiger partial charge in [0.25, 0.3) is 0 Å². The zero-order valence-corrected chi connectivity index (χ0v) is 10.3. The maximum atomic E-state index is 13.8. The van der Waals surface area contributed by atoms with Crippen LogP contribution >= 0.6 is 0 Å². The number of aromatic nitrogens is 1. The molecule has 0 saturated carbocycles. The highest BCUT2D eigenvalue weighted by atomic mass is 19.3. The Balaban J connectivity index is 2.06. The third-order valence-electron chi connectivity index (χ3n) is 2.93. The predicted molar refractivity (Wildman–Crippen MR) is 62.5 cm³/mol. The van der Waals surface area contributed by atoms with Crippen LogP contribution in [0.25, 0.3) is 0 Å². The van der Waals surface area contributed by atoms with E-state index < -0.39 is 24.7 Å². The van der Waals surface area contributed by atoms with Crippen molar-refractivity contribution in [3.05, 3.63) is 24.0 Å². The number of piperidine rings is 1. The number of amides is 1. The van der Waals surface area contributed by atoms with Crippen molar-refractivity contribution in [2.45, 2.75) is 18.4 Å². The fourth-order valence-corrected chi connectivity index (χ4v) is 1.91. The number of hydrogen-bond donors (Lipinski definition) is 1. The molecule has 0 spiro atoms. The highest BCUT2D eigenvalue weighted by molar-refractivity contribution is 5.65. The van der Waals surface area contributed by atoms with Gasteiger partial charge < -0.3 is 14.7 Å². The largest absolute Gasteiger partial charge is 0.482 e. The number of nitriles is 1. The first-order valence-corrected chi connectivity index (χ1v) is 5.81. The Morgan fingerprint density at radius 3 is 2.85 bits per heavy atom. The molecule has 106 valence electrons. The van der Waals surface area contributed by atoms with Crippen LogP contribution in [0.15, 0.2) is 18.3 Å². The minimum Gasteiger partial charge on any atom is -0.482 e. The molecule has 1 amide bonds. The molecule has 1 aliphatic heterocycles. The van der Waals surface area contributed by atoms with Crippen molar-refractivity contribution in [2.24, 2.45) is 0 Å². The van der Waals surface area contributed by atoms with Gasteiger partial charge in [-0.25, -0.2) is 18.6 Å². The Kier molecular flexibility index (Phi) is 3.70. The summed E-state index contributed by atoms with van der Waals surface area (Å²) in [5.74, 6) is -3.15. The molecule has 0 bridgehead atoms. The van der Waals surface area contributed by atoms with E-state index in [2.05, 4.69) is 4.98 Å². The third-order valence-corrected chi connectivity index (χ3v) is 2.93.